The molecule has 4 nitrogen and oxygen atoms in total. The summed E-state index contributed by atoms with van der Waals surface area (Å²) in [5.41, 5.74) is 0.905. The number of thioether (sulfide) groups is 1. The van der Waals surface area contributed by atoms with Crippen LogP contribution in [0.2, 0.25) is 0 Å². The second-order valence-corrected chi connectivity index (χ2v) is 6.73. The van der Waals surface area contributed by atoms with Crippen molar-refractivity contribution in [3.05, 3.63) is 54.6 Å². The number of carbonyl (C=O) groups excluding carboxylic acids is 1. The lowest BCUT2D eigenvalue weighted by Gasteiger charge is -2.05. The molecule has 1 heterocycles. The van der Waals surface area contributed by atoms with Crippen LogP contribution in [0.5, 0.6) is 0 Å². The topological polar surface area (TPSA) is 54.0 Å². The van der Waals surface area contributed by atoms with Crippen LogP contribution in [0.25, 0.3) is 10.2 Å². The first-order valence-electron chi connectivity index (χ1n) is 6.89. The van der Waals surface area contributed by atoms with Crippen LogP contribution < -0.4 is 10.6 Å². The first-order valence-corrected chi connectivity index (χ1v) is 8.70. The van der Waals surface area contributed by atoms with Gasteiger partial charge in [-0.25, -0.2) is 9.78 Å². The van der Waals surface area contributed by atoms with Gasteiger partial charge in [-0.15, -0.1) is 11.8 Å². The van der Waals surface area contributed by atoms with Crippen LogP contribution in [-0.4, -0.2) is 23.3 Å². The van der Waals surface area contributed by atoms with E-state index in [9.17, 15) is 4.79 Å². The smallest absolute Gasteiger partial charge is 0.321 e. The number of para-hydroxylation sites is 1. The average molecular weight is 329 g/mol. The van der Waals surface area contributed by atoms with Crippen molar-refractivity contribution < 1.29 is 4.79 Å². The van der Waals surface area contributed by atoms with Crippen molar-refractivity contribution in [2.45, 2.75) is 4.90 Å². The van der Waals surface area contributed by atoms with Crippen molar-refractivity contribution in [3.63, 3.8) is 0 Å². The maximum Gasteiger partial charge on any atom is 0.321 e. The summed E-state index contributed by atoms with van der Waals surface area (Å²) >= 11 is 3.19. The molecule has 0 atom stereocenters. The Balaban J connectivity index is 1.44. The van der Waals surface area contributed by atoms with Crippen LogP contribution in [0.4, 0.5) is 9.93 Å². The molecule has 2 amide bonds. The number of amides is 2. The largest absolute Gasteiger partial charge is 0.337 e. The molecule has 0 spiro atoms. The van der Waals surface area contributed by atoms with Crippen molar-refractivity contribution in [2.24, 2.45) is 0 Å². The van der Waals surface area contributed by atoms with E-state index in [2.05, 4.69) is 27.8 Å². The third kappa shape index (κ3) is 3.99. The second-order valence-electron chi connectivity index (χ2n) is 4.53. The molecule has 112 valence electrons. The molecule has 0 unspecified atom stereocenters. The fourth-order valence-electron chi connectivity index (χ4n) is 1.92. The Morgan fingerprint density at radius 2 is 1.86 bits per heavy atom. The Kier molecular flexibility index (Phi) is 4.92. The van der Waals surface area contributed by atoms with Crippen molar-refractivity contribution in [1.29, 1.82) is 0 Å². The van der Waals surface area contributed by atoms with Gasteiger partial charge in [0.1, 0.15) is 0 Å². The predicted octanol–water partition coefficient (Wildman–Crippen LogP) is 4.21. The maximum absolute atomic E-state index is 11.8. The number of nitrogens with zero attached hydrogens (tertiary/aromatic N) is 1. The van der Waals surface area contributed by atoms with Gasteiger partial charge in [0.15, 0.2) is 5.13 Å². The first kappa shape index (κ1) is 14.9. The summed E-state index contributed by atoms with van der Waals surface area (Å²) in [7, 11) is 0. The standard InChI is InChI=1S/C16H15N3OS2/c20-15(17-10-11-21-12-6-2-1-3-7-12)19-16-18-13-8-4-5-9-14(13)22-16/h1-9H,10-11H2,(H2,17,18,19,20). The monoisotopic (exact) mass is 329 g/mol. The van der Waals surface area contributed by atoms with Gasteiger partial charge in [-0.2, -0.15) is 0 Å². The second kappa shape index (κ2) is 7.29. The molecule has 0 aliphatic heterocycles. The minimum Gasteiger partial charge on any atom is -0.337 e. The van der Waals surface area contributed by atoms with Crippen molar-refractivity contribution in [2.75, 3.05) is 17.6 Å². The fraction of sp³-hybridized carbons (Fsp3) is 0.125. The van der Waals surface area contributed by atoms with Gasteiger partial charge in [0.25, 0.3) is 0 Å². The molecule has 0 saturated heterocycles. The molecule has 3 rings (SSSR count). The number of aromatic nitrogens is 1. The van der Waals surface area contributed by atoms with Crippen molar-refractivity contribution >= 4 is 44.5 Å². The van der Waals surface area contributed by atoms with E-state index >= 15 is 0 Å². The molecule has 0 aliphatic carbocycles. The minimum absolute atomic E-state index is 0.215. The zero-order chi connectivity index (χ0) is 15.2. The molecule has 0 bridgehead atoms. The Morgan fingerprint density at radius 1 is 1.09 bits per heavy atom. The summed E-state index contributed by atoms with van der Waals surface area (Å²) in [5, 5.41) is 6.24. The molecule has 0 fully saturated rings. The van der Waals surface area contributed by atoms with Gasteiger partial charge in [-0.3, -0.25) is 5.32 Å². The number of carbonyl (C=O) groups is 1. The minimum atomic E-state index is -0.215. The van der Waals surface area contributed by atoms with Gasteiger partial charge in [0, 0.05) is 17.2 Å². The van der Waals surface area contributed by atoms with Crippen LogP contribution in [-0.2, 0) is 0 Å². The maximum atomic E-state index is 11.8. The highest BCUT2D eigenvalue weighted by atomic mass is 32.2. The highest BCUT2D eigenvalue weighted by Crippen LogP contribution is 2.25. The Morgan fingerprint density at radius 3 is 2.68 bits per heavy atom. The summed E-state index contributed by atoms with van der Waals surface area (Å²) < 4.78 is 1.07. The molecule has 0 aliphatic rings. The Labute approximate surface area is 137 Å². The molecule has 2 N–H and O–H groups in total. The van der Waals surface area contributed by atoms with Crippen molar-refractivity contribution in [1.82, 2.24) is 10.3 Å². The number of fused-ring (bicyclic) bond motifs is 1. The normalized spacial score (nSPS) is 10.5. The summed E-state index contributed by atoms with van der Waals surface area (Å²) in [4.78, 5) is 17.4. The van der Waals surface area contributed by atoms with E-state index in [0.29, 0.717) is 11.7 Å². The number of rotatable bonds is 5. The highest BCUT2D eigenvalue weighted by molar-refractivity contribution is 7.99. The van der Waals surface area contributed by atoms with Crippen LogP contribution in [0.15, 0.2) is 59.5 Å². The summed E-state index contributed by atoms with van der Waals surface area (Å²) in [6, 6.07) is 17.7. The summed E-state index contributed by atoms with van der Waals surface area (Å²) in [6.07, 6.45) is 0. The number of urea groups is 1. The molecule has 0 radical (unpaired) electrons. The lowest BCUT2D eigenvalue weighted by Crippen LogP contribution is -2.30. The molecule has 1 aromatic heterocycles. The predicted molar refractivity (Wildman–Crippen MR) is 93.8 cm³/mol. The number of nitrogens with one attached hydrogen (secondary N) is 2. The number of thiazole rings is 1. The van der Waals surface area contributed by atoms with E-state index < -0.39 is 0 Å². The first-order chi connectivity index (χ1) is 10.8. The molecule has 3 aromatic rings. The lowest BCUT2D eigenvalue weighted by atomic mass is 10.3. The molecule has 22 heavy (non-hydrogen) atoms. The zero-order valence-electron chi connectivity index (χ0n) is 11.8. The molecule has 2 aromatic carbocycles. The average Bonchev–Trinajstić information content (AvgIpc) is 2.94. The van der Waals surface area contributed by atoms with E-state index in [1.165, 1.54) is 16.2 Å². The van der Waals surface area contributed by atoms with E-state index in [4.69, 9.17) is 0 Å². The van der Waals surface area contributed by atoms with E-state index in [-0.39, 0.29) is 6.03 Å². The number of hydrogen-bond acceptors (Lipinski definition) is 4. The number of hydrogen-bond donors (Lipinski definition) is 2. The van der Waals surface area contributed by atoms with Gasteiger partial charge < -0.3 is 5.32 Å². The van der Waals surface area contributed by atoms with Gasteiger partial charge in [-0.05, 0) is 24.3 Å². The third-order valence-electron chi connectivity index (χ3n) is 2.91. The lowest BCUT2D eigenvalue weighted by molar-refractivity contribution is 0.252. The van der Waals surface area contributed by atoms with Crippen LogP contribution >= 0.6 is 23.1 Å². The van der Waals surface area contributed by atoms with E-state index in [1.54, 1.807) is 11.8 Å². The van der Waals surface area contributed by atoms with Gasteiger partial charge in [-0.1, -0.05) is 41.7 Å². The molecular weight excluding hydrogens is 314 g/mol. The molecule has 0 saturated carbocycles. The van der Waals surface area contributed by atoms with E-state index in [1.807, 2.05) is 42.5 Å². The van der Waals surface area contributed by atoms with Crippen LogP contribution in [0, 0.1) is 0 Å². The molecule has 6 heteroatoms. The SMILES string of the molecule is O=C(NCCSc1ccccc1)Nc1nc2ccccc2s1. The highest BCUT2D eigenvalue weighted by Gasteiger charge is 2.06. The number of anilines is 1. The van der Waals surface area contributed by atoms with Gasteiger partial charge in [0.2, 0.25) is 0 Å². The van der Waals surface area contributed by atoms with Gasteiger partial charge in [0.05, 0.1) is 10.2 Å². The molecular formula is C16H15N3OS2. The van der Waals surface area contributed by atoms with Crippen LogP contribution in [0.3, 0.4) is 0 Å². The third-order valence-corrected chi connectivity index (χ3v) is 4.88. The quantitative estimate of drug-likeness (QED) is 0.544. The fourth-order valence-corrected chi connectivity index (χ4v) is 3.57. The zero-order valence-corrected chi connectivity index (χ0v) is 13.4. The Bertz CT molecular complexity index is 725. The summed E-state index contributed by atoms with van der Waals surface area (Å²) in [6.45, 7) is 0.607. The van der Waals surface area contributed by atoms with Crippen LogP contribution in [0.1, 0.15) is 0 Å². The Hall–Kier alpha value is -2.05. The van der Waals surface area contributed by atoms with E-state index in [0.717, 1.165) is 16.0 Å². The summed E-state index contributed by atoms with van der Waals surface area (Å²) in [5.74, 6) is 0.831. The number of benzene rings is 2. The van der Waals surface area contributed by atoms with Crippen molar-refractivity contribution in [3.8, 4) is 0 Å². The van der Waals surface area contributed by atoms with Gasteiger partial charge >= 0.3 is 6.03 Å².